The highest BCUT2D eigenvalue weighted by atomic mass is 79.9. The molecule has 5 heteroatoms. The molecule has 0 radical (unpaired) electrons. The van der Waals surface area contributed by atoms with Crippen molar-refractivity contribution in [3.8, 4) is 0 Å². The lowest BCUT2D eigenvalue weighted by molar-refractivity contribution is -0.144. The molecule has 0 heterocycles. The van der Waals surface area contributed by atoms with Crippen LogP contribution in [0.5, 0.6) is 0 Å². The average Bonchev–Trinajstić information content (AvgIpc) is 2.33. The highest BCUT2D eigenvalue weighted by molar-refractivity contribution is 9.10. The Hall–Kier alpha value is -1.62. The average molecular weight is 340 g/mol. The van der Waals surface area contributed by atoms with Gasteiger partial charge in [-0.2, -0.15) is 0 Å². The molecule has 0 unspecified atom stereocenters. The van der Waals surface area contributed by atoms with Crippen molar-refractivity contribution in [3.63, 3.8) is 0 Å². The molecule has 0 aromatic heterocycles. The predicted molar refractivity (Wildman–Crippen MR) is 82.0 cm³/mol. The summed E-state index contributed by atoms with van der Waals surface area (Å²) in [4.78, 5) is 23.0. The first-order valence-corrected chi connectivity index (χ1v) is 6.97. The lowest BCUT2D eigenvalue weighted by atomic mass is 10.1. The SMILES string of the molecule is CC(C)(C)NC(=O)COC(=O)/C=C/c1ccccc1Br. The number of amides is 1. The van der Waals surface area contributed by atoms with Gasteiger partial charge in [0.05, 0.1) is 0 Å². The van der Waals surface area contributed by atoms with Crippen LogP contribution in [0.2, 0.25) is 0 Å². The molecule has 1 rings (SSSR count). The third-order valence-corrected chi connectivity index (χ3v) is 2.89. The maximum atomic E-state index is 11.5. The number of ether oxygens (including phenoxy) is 1. The molecule has 0 saturated heterocycles. The zero-order chi connectivity index (χ0) is 15.2. The van der Waals surface area contributed by atoms with Crippen molar-refractivity contribution in [2.45, 2.75) is 26.3 Å². The summed E-state index contributed by atoms with van der Waals surface area (Å²) >= 11 is 3.37. The summed E-state index contributed by atoms with van der Waals surface area (Å²) in [5.41, 5.74) is 0.525. The van der Waals surface area contributed by atoms with Crippen LogP contribution in [-0.2, 0) is 14.3 Å². The van der Waals surface area contributed by atoms with E-state index in [4.69, 9.17) is 4.74 Å². The summed E-state index contributed by atoms with van der Waals surface area (Å²) in [6.07, 6.45) is 2.93. The van der Waals surface area contributed by atoms with E-state index in [1.54, 1.807) is 6.08 Å². The number of esters is 1. The molecule has 0 aliphatic rings. The summed E-state index contributed by atoms with van der Waals surface area (Å²) < 4.78 is 5.74. The number of rotatable bonds is 4. The van der Waals surface area contributed by atoms with Gasteiger partial charge in [-0.3, -0.25) is 4.79 Å². The van der Waals surface area contributed by atoms with E-state index in [1.165, 1.54) is 6.08 Å². The van der Waals surface area contributed by atoms with Crippen molar-refractivity contribution in [2.75, 3.05) is 6.61 Å². The minimum atomic E-state index is -0.551. The van der Waals surface area contributed by atoms with Crippen LogP contribution in [0.25, 0.3) is 6.08 Å². The third-order valence-electron chi connectivity index (χ3n) is 2.16. The Bertz CT molecular complexity index is 518. The zero-order valence-corrected chi connectivity index (χ0v) is 13.4. The molecule has 20 heavy (non-hydrogen) atoms. The normalized spacial score (nSPS) is 11.4. The van der Waals surface area contributed by atoms with Gasteiger partial charge in [0, 0.05) is 16.1 Å². The summed E-state index contributed by atoms with van der Waals surface area (Å²) in [6.45, 7) is 5.30. The number of carbonyl (C=O) groups is 2. The quantitative estimate of drug-likeness (QED) is 0.677. The molecule has 4 nitrogen and oxygen atoms in total. The van der Waals surface area contributed by atoms with Gasteiger partial charge in [-0.15, -0.1) is 0 Å². The second-order valence-electron chi connectivity index (χ2n) is 5.26. The molecule has 0 bridgehead atoms. The second kappa shape index (κ2) is 7.24. The molecule has 0 fully saturated rings. The van der Waals surface area contributed by atoms with Gasteiger partial charge in [-0.05, 0) is 38.5 Å². The number of halogens is 1. The number of hydrogen-bond acceptors (Lipinski definition) is 3. The van der Waals surface area contributed by atoms with Crippen molar-refractivity contribution in [1.82, 2.24) is 5.32 Å². The monoisotopic (exact) mass is 339 g/mol. The minimum absolute atomic E-state index is 0.281. The first kappa shape index (κ1) is 16.4. The van der Waals surface area contributed by atoms with Crippen LogP contribution >= 0.6 is 15.9 Å². The maximum absolute atomic E-state index is 11.5. The standard InChI is InChI=1S/C15H18BrNO3/c1-15(2,3)17-13(18)10-20-14(19)9-8-11-6-4-5-7-12(11)16/h4-9H,10H2,1-3H3,(H,17,18)/b9-8+. The molecule has 0 saturated carbocycles. The van der Waals surface area contributed by atoms with Crippen molar-refractivity contribution < 1.29 is 14.3 Å². The van der Waals surface area contributed by atoms with E-state index in [-0.39, 0.29) is 18.1 Å². The Morgan fingerprint density at radius 3 is 2.55 bits per heavy atom. The molecular weight excluding hydrogens is 322 g/mol. The van der Waals surface area contributed by atoms with E-state index in [0.29, 0.717) is 0 Å². The van der Waals surface area contributed by atoms with Crippen molar-refractivity contribution >= 4 is 33.9 Å². The molecule has 0 aliphatic carbocycles. The predicted octanol–water partition coefficient (Wildman–Crippen LogP) is 2.92. The fourth-order valence-corrected chi connectivity index (χ4v) is 1.82. The molecule has 1 aromatic rings. The minimum Gasteiger partial charge on any atom is -0.452 e. The van der Waals surface area contributed by atoms with Crippen molar-refractivity contribution in [1.29, 1.82) is 0 Å². The van der Waals surface area contributed by atoms with Crippen molar-refractivity contribution in [3.05, 3.63) is 40.4 Å². The molecular formula is C15H18BrNO3. The zero-order valence-electron chi connectivity index (χ0n) is 11.8. The van der Waals surface area contributed by atoms with Crippen LogP contribution in [-0.4, -0.2) is 24.0 Å². The molecule has 1 N–H and O–H groups in total. The van der Waals surface area contributed by atoms with E-state index in [2.05, 4.69) is 21.2 Å². The van der Waals surface area contributed by atoms with Gasteiger partial charge < -0.3 is 10.1 Å². The van der Waals surface area contributed by atoms with E-state index >= 15 is 0 Å². The summed E-state index contributed by atoms with van der Waals surface area (Å²) in [7, 11) is 0. The fourth-order valence-electron chi connectivity index (χ4n) is 1.41. The van der Waals surface area contributed by atoms with Crippen LogP contribution in [0.4, 0.5) is 0 Å². The Morgan fingerprint density at radius 2 is 1.95 bits per heavy atom. The maximum Gasteiger partial charge on any atom is 0.331 e. The van der Waals surface area contributed by atoms with Crippen LogP contribution in [0.1, 0.15) is 26.3 Å². The Kier molecular flexibility index (Phi) is 5.95. The lowest BCUT2D eigenvalue weighted by Gasteiger charge is -2.20. The van der Waals surface area contributed by atoms with Gasteiger partial charge in [-0.1, -0.05) is 34.1 Å². The Balaban J connectivity index is 2.45. The topological polar surface area (TPSA) is 55.4 Å². The van der Waals surface area contributed by atoms with Crippen LogP contribution < -0.4 is 5.32 Å². The first-order valence-electron chi connectivity index (χ1n) is 6.18. The number of nitrogens with one attached hydrogen (secondary N) is 1. The number of hydrogen-bond donors (Lipinski definition) is 1. The second-order valence-corrected chi connectivity index (χ2v) is 6.12. The van der Waals surface area contributed by atoms with Gasteiger partial charge in [0.2, 0.25) is 0 Å². The largest absolute Gasteiger partial charge is 0.452 e. The molecule has 1 aromatic carbocycles. The molecule has 0 spiro atoms. The van der Waals surface area contributed by atoms with Gasteiger partial charge in [-0.25, -0.2) is 4.79 Å². The van der Waals surface area contributed by atoms with Gasteiger partial charge >= 0.3 is 5.97 Å². The van der Waals surface area contributed by atoms with Gasteiger partial charge in [0.25, 0.3) is 5.91 Å². The molecule has 0 aliphatic heterocycles. The Labute approximate surface area is 127 Å². The number of carbonyl (C=O) groups excluding carboxylic acids is 2. The molecule has 108 valence electrons. The summed E-state index contributed by atoms with van der Waals surface area (Å²) in [5, 5.41) is 2.71. The highest BCUT2D eigenvalue weighted by Crippen LogP contribution is 2.17. The van der Waals surface area contributed by atoms with Crippen LogP contribution in [0, 0.1) is 0 Å². The van der Waals surface area contributed by atoms with Crippen LogP contribution in [0.15, 0.2) is 34.8 Å². The number of benzene rings is 1. The lowest BCUT2D eigenvalue weighted by Crippen LogP contribution is -2.42. The van der Waals surface area contributed by atoms with Gasteiger partial charge in [0.1, 0.15) is 0 Å². The van der Waals surface area contributed by atoms with E-state index in [1.807, 2.05) is 45.0 Å². The van der Waals surface area contributed by atoms with Gasteiger partial charge in [0.15, 0.2) is 6.61 Å². The van der Waals surface area contributed by atoms with Crippen molar-refractivity contribution in [2.24, 2.45) is 0 Å². The summed E-state index contributed by atoms with van der Waals surface area (Å²) in [6, 6.07) is 7.49. The fraction of sp³-hybridized carbons (Fsp3) is 0.333. The van der Waals surface area contributed by atoms with E-state index < -0.39 is 5.97 Å². The third kappa shape index (κ3) is 6.52. The smallest absolute Gasteiger partial charge is 0.331 e. The van der Waals surface area contributed by atoms with Crippen LogP contribution in [0.3, 0.4) is 0 Å². The Morgan fingerprint density at radius 1 is 1.30 bits per heavy atom. The first-order chi connectivity index (χ1) is 9.28. The molecule has 1 amide bonds. The van der Waals surface area contributed by atoms with E-state index in [0.717, 1.165) is 10.0 Å². The van der Waals surface area contributed by atoms with E-state index in [9.17, 15) is 9.59 Å². The molecule has 0 atom stereocenters. The summed E-state index contributed by atoms with van der Waals surface area (Å²) in [5.74, 6) is -0.870. The highest BCUT2D eigenvalue weighted by Gasteiger charge is 2.14.